The molecule has 82 valence electrons. The zero-order valence-corrected chi connectivity index (χ0v) is 7.73. The Kier molecular flexibility index (Phi) is 3.30. The van der Waals surface area contributed by atoms with Crippen molar-refractivity contribution in [1.82, 2.24) is 15.3 Å². The zero-order valence-electron chi connectivity index (χ0n) is 6.97. The maximum atomic E-state index is 11.6. The number of urea groups is 1. The first kappa shape index (κ1) is 11.5. The van der Waals surface area contributed by atoms with Crippen LogP contribution in [-0.2, 0) is 0 Å². The molecule has 5 nitrogen and oxygen atoms in total. The molecular formula is C6H4ClF3N4O. The Balaban J connectivity index is 2.55. The lowest BCUT2D eigenvalue weighted by atomic mass is 10.5. The van der Waals surface area contributed by atoms with Crippen molar-refractivity contribution in [2.75, 3.05) is 5.32 Å². The van der Waals surface area contributed by atoms with Gasteiger partial charge in [-0.25, -0.2) is 20.1 Å². The third-order valence-electron chi connectivity index (χ3n) is 1.13. The van der Waals surface area contributed by atoms with E-state index >= 15 is 0 Å². The molecule has 0 aliphatic heterocycles. The summed E-state index contributed by atoms with van der Waals surface area (Å²) < 4.78 is 34.9. The minimum absolute atomic E-state index is 0.00106. The van der Waals surface area contributed by atoms with Gasteiger partial charge in [-0.05, 0) is 11.6 Å². The second-order valence-corrected chi connectivity index (χ2v) is 2.66. The Morgan fingerprint density at radius 1 is 1.33 bits per heavy atom. The molecule has 2 amide bonds. The van der Waals surface area contributed by atoms with Crippen LogP contribution in [0.25, 0.3) is 0 Å². The highest BCUT2D eigenvalue weighted by molar-refractivity contribution is 6.28. The van der Waals surface area contributed by atoms with Gasteiger partial charge in [-0.2, -0.15) is 13.2 Å². The quantitative estimate of drug-likeness (QED) is 0.581. The summed E-state index contributed by atoms with van der Waals surface area (Å²) in [5.74, 6) is 0. The Bertz CT molecular complexity index is 352. The van der Waals surface area contributed by atoms with Gasteiger partial charge in [0.1, 0.15) is 0 Å². The van der Waals surface area contributed by atoms with Crippen LogP contribution >= 0.6 is 11.6 Å². The number of halogens is 4. The van der Waals surface area contributed by atoms with E-state index in [1.54, 1.807) is 0 Å². The van der Waals surface area contributed by atoms with E-state index in [-0.39, 0.29) is 11.0 Å². The molecule has 0 saturated heterocycles. The number of nitrogens with one attached hydrogen (secondary N) is 2. The van der Waals surface area contributed by atoms with Crippen LogP contribution < -0.4 is 10.6 Å². The van der Waals surface area contributed by atoms with E-state index in [9.17, 15) is 18.0 Å². The fourth-order valence-corrected chi connectivity index (χ4v) is 0.765. The minimum atomic E-state index is -4.78. The smallest absolute Gasteiger partial charge is 0.305 e. The molecule has 9 heteroatoms. The van der Waals surface area contributed by atoms with Crippen LogP contribution in [0.3, 0.4) is 0 Å². The molecule has 0 saturated carbocycles. The summed E-state index contributed by atoms with van der Waals surface area (Å²) >= 11 is 5.32. The first-order valence-electron chi connectivity index (χ1n) is 3.50. The molecule has 0 unspecified atom stereocenters. The lowest BCUT2D eigenvalue weighted by Crippen LogP contribution is -2.40. The van der Waals surface area contributed by atoms with Gasteiger partial charge >= 0.3 is 12.3 Å². The van der Waals surface area contributed by atoms with Gasteiger partial charge in [0, 0.05) is 0 Å². The molecule has 15 heavy (non-hydrogen) atoms. The maximum absolute atomic E-state index is 11.6. The number of hydrogen-bond acceptors (Lipinski definition) is 3. The Morgan fingerprint density at radius 2 is 1.87 bits per heavy atom. The Labute approximate surface area is 86.7 Å². The third kappa shape index (κ3) is 4.45. The highest BCUT2D eigenvalue weighted by Crippen LogP contribution is 2.10. The van der Waals surface area contributed by atoms with Gasteiger partial charge in [-0.15, -0.1) is 0 Å². The molecule has 1 aromatic heterocycles. The summed E-state index contributed by atoms with van der Waals surface area (Å²) in [6.07, 6.45) is -2.63. The van der Waals surface area contributed by atoms with Crippen molar-refractivity contribution in [3.8, 4) is 0 Å². The standard InChI is InChI=1S/C6H4ClF3N4O/c7-4-11-1-3(2-12-4)13-5(15)14-6(8,9)10/h1-2H,(H2,13,14,15). The first-order chi connectivity index (χ1) is 6.87. The zero-order chi connectivity index (χ0) is 11.5. The van der Waals surface area contributed by atoms with Crippen LogP contribution in [0.15, 0.2) is 12.4 Å². The van der Waals surface area contributed by atoms with E-state index in [4.69, 9.17) is 11.6 Å². The molecule has 0 bridgehead atoms. The van der Waals surface area contributed by atoms with Crippen LogP contribution in [-0.4, -0.2) is 22.3 Å². The fraction of sp³-hybridized carbons (Fsp3) is 0.167. The first-order valence-corrected chi connectivity index (χ1v) is 3.88. The van der Waals surface area contributed by atoms with Crippen LogP contribution in [0, 0.1) is 0 Å². The molecular weight excluding hydrogens is 237 g/mol. The number of carbonyl (C=O) groups excluding carboxylic acids is 1. The lowest BCUT2D eigenvalue weighted by Gasteiger charge is -2.09. The molecule has 1 aromatic rings. The summed E-state index contributed by atoms with van der Waals surface area (Å²) in [6.45, 7) is 0. The molecule has 0 atom stereocenters. The third-order valence-corrected chi connectivity index (χ3v) is 1.33. The Morgan fingerprint density at radius 3 is 2.33 bits per heavy atom. The molecule has 2 N–H and O–H groups in total. The largest absolute Gasteiger partial charge is 0.485 e. The van der Waals surface area contributed by atoms with Crippen molar-refractivity contribution in [1.29, 1.82) is 0 Å². The number of carbonyl (C=O) groups is 1. The number of alkyl halides is 3. The summed E-state index contributed by atoms with van der Waals surface area (Å²) in [6, 6.07) is -1.42. The van der Waals surface area contributed by atoms with Crippen molar-refractivity contribution in [3.63, 3.8) is 0 Å². The summed E-state index contributed by atoms with van der Waals surface area (Å²) in [5, 5.41) is 2.54. The second kappa shape index (κ2) is 4.30. The fourth-order valence-electron chi connectivity index (χ4n) is 0.668. The molecule has 0 aliphatic carbocycles. The number of aromatic nitrogens is 2. The summed E-state index contributed by atoms with van der Waals surface area (Å²) in [5.41, 5.74) is 0.00106. The van der Waals surface area contributed by atoms with Crippen molar-refractivity contribution in [3.05, 3.63) is 17.7 Å². The molecule has 0 spiro atoms. The van der Waals surface area contributed by atoms with Gasteiger partial charge in [-0.1, -0.05) is 0 Å². The molecule has 0 aromatic carbocycles. The Hall–Kier alpha value is -1.57. The van der Waals surface area contributed by atoms with Crippen LogP contribution in [0.2, 0.25) is 5.28 Å². The molecule has 0 aliphatic rings. The highest BCUT2D eigenvalue weighted by Gasteiger charge is 2.29. The van der Waals surface area contributed by atoms with Crippen molar-refractivity contribution in [2.45, 2.75) is 6.30 Å². The van der Waals surface area contributed by atoms with Crippen LogP contribution in [0.4, 0.5) is 23.7 Å². The number of nitrogens with zero attached hydrogens (tertiary/aromatic N) is 2. The van der Waals surface area contributed by atoms with Gasteiger partial charge in [0.2, 0.25) is 5.28 Å². The molecule has 0 fully saturated rings. The van der Waals surface area contributed by atoms with E-state index < -0.39 is 12.3 Å². The second-order valence-electron chi connectivity index (χ2n) is 2.32. The van der Waals surface area contributed by atoms with E-state index in [1.165, 1.54) is 0 Å². The maximum Gasteiger partial charge on any atom is 0.485 e. The van der Waals surface area contributed by atoms with Crippen LogP contribution in [0.5, 0.6) is 0 Å². The summed E-state index contributed by atoms with van der Waals surface area (Å²) in [7, 11) is 0. The van der Waals surface area contributed by atoms with Crippen LogP contribution in [0.1, 0.15) is 0 Å². The van der Waals surface area contributed by atoms with Gasteiger partial charge in [0.25, 0.3) is 0 Å². The molecule has 1 heterocycles. The lowest BCUT2D eigenvalue weighted by molar-refractivity contribution is -0.144. The van der Waals surface area contributed by atoms with E-state index in [0.29, 0.717) is 0 Å². The van der Waals surface area contributed by atoms with Crippen molar-refractivity contribution in [2.24, 2.45) is 0 Å². The van der Waals surface area contributed by atoms with Crippen molar-refractivity contribution >= 4 is 23.3 Å². The number of hydrogen-bond donors (Lipinski definition) is 2. The number of amides is 2. The van der Waals surface area contributed by atoms with E-state index in [2.05, 4.69) is 9.97 Å². The topological polar surface area (TPSA) is 66.9 Å². The molecule has 0 radical (unpaired) electrons. The van der Waals surface area contributed by atoms with Gasteiger partial charge in [0.05, 0.1) is 18.1 Å². The average molecular weight is 241 g/mol. The summed E-state index contributed by atoms with van der Waals surface area (Å²) in [4.78, 5) is 17.6. The minimum Gasteiger partial charge on any atom is -0.305 e. The predicted octanol–water partition coefficient (Wildman–Crippen LogP) is 1.77. The number of rotatable bonds is 1. The van der Waals surface area contributed by atoms with Gasteiger partial charge < -0.3 is 5.32 Å². The van der Waals surface area contributed by atoms with Gasteiger partial charge in [-0.3, -0.25) is 0 Å². The average Bonchev–Trinajstić information content (AvgIpc) is 2.05. The van der Waals surface area contributed by atoms with Gasteiger partial charge in [0.15, 0.2) is 0 Å². The van der Waals surface area contributed by atoms with E-state index in [0.717, 1.165) is 17.7 Å². The monoisotopic (exact) mass is 240 g/mol. The van der Waals surface area contributed by atoms with E-state index in [1.807, 2.05) is 5.32 Å². The van der Waals surface area contributed by atoms with Crippen molar-refractivity contribution < 1.29 is 18.0 Å². The highest BCUT2D eigenvalue weighted by atomic mass is 35.5. The normalized spacial score (nSPS) is 10.9. The molecule has 1 rings (SSSR count). The predicted molar refractivity (Wildman–Crippen MR) is 45.3 cm³/mol. The SMILES string of the molecule is O=C(Nc1cnc(Cl)nc1)NC(F)(F)F. The number of anilines is 1.